The summed E-state index contributed by atoms with van der Waals surface area (Å²) in [5, 5.41) is 27.2. The van der Waals surface area contributed by atoms with E-state index < -0.39 is 23.5 Å². The second-order valence-corrected chi connectivity index (χ2v) is 8.11. The van der Waals surface area contributed by atoms with Crippen LogP contribution >= 0.6 is 0 Å². The van der Waals surface area contributed by atoms with Crippen molar-refractivity contribution in [3.63, 3.8) is 0 Å². The first-order chi connectivity index (χ1) is 18.8. The third-order valence-corrected chi connectivity index (χ3v) is 5.68. The zero-order valence-corrected chi connectivity index (χ0v) is 20.0. The number of primary amides is 2. The second-order valence-electron chi connectivity index (χ2n) is 8.11. The molecule has 192 valence electrons. The van der Waals surface area contributed by atoms with E-state index in [4.69, 9.17) is 11.5 Å². The van der Waals surface area contributed by atoms with Gasteiger partial charge < -0.3 is 21.9 Å². The van der Waals surface area contributed by atoms with Crippen molar-refractivity contribution in [1.29, 1.82) is 0 Å². The Bertz CT molecular complexity index is 1780. The Morgan fingerprint density at radius 1 is 0.846 bits per heavy atom. The molecule has 0 saturated heterocycles. The van der Waals surface area contributed by atoms with Gasteiger partial charge in [0.05, 0.1) is 23.0 Å². The fraction of sp³-hybridized carbons (Fsp3) is 0. The van der Waals surface area contributed by atoms with E-state index in [2.05, 4.69) is 30.6 Å². The van der Waals surface area contributed by atoms with Crippen LogP contribution in [0, 0.1) is 0 Å². The van der Waals surface area contributed by atoms with Crippen molar-refractivity contribution in [2.24, 2.45) is 21.7 Å². The Labute approximate surface area is 219 Å². The molecule has 0 fully saturated rings. The van der Waals surface area contributed by atoms with Crippen molar-refractivity contribution in [2.45, 2.75) is 0 Å². The van der Waals surface area contributed by atoms with Crippen LogP contribution in [0.15, 0.2) is 89.5 Å². The van der Waals surface area contributed by atoms with E-state index in [1.807, 2.05) is 0 Å². The predicted molar refractivity (Wildman–Crippen MR) is 140 cm³/mol. The van der Waals surface area contributed by atoms with Gasteiger partial charge in [-0.05, 0) is 29.7 Å². The van der Waals surface area contributed by atoms with Crippen molar-refractivity contribution in [2.75, 3.05) is 5.32 Å². The van der Waals surface area contributed by atoms with Crippen molar-refractivity contribution in [1.82, 2.24) is 19.7 Å². The van der Waals surface area contributed by atoms with Crippen molar-refractivity contribution >= 4 is 45.7 Å². The van der Waals surface area contributed by atoms with Crippen LogP contribution < -0.4 is 16.8 Å². The van der Waals surface area contributed by atoms with E-state index in [0.29, 0.717) is 10.8 Å². The van der Waals surface area contributed by atoms with Gasteiger partial charge >= 0.3 is 0 Å². The summed E-state index contributed by atoms with van der Waals surface area (Å²) >= 11 is 0. The molecule has 0 bridgehead atoms. The fourth-order valence-electron chi connectivity index (χ4n) is 3.84. The summed E-state index contributed by atoms with van der Waals surface area (Å²) in [5.74, 6) is -2.73. The number of para-hydroxylation sites is 1. The minimum absolute atomic E-state index is 0.0569. The van der Waals surface area contributed by atoms with Gasteiger partial charge in [0.25, 0.3) is 23.7 Å². The number of nitrogens with two attached hydrogens (primary N) is 2. The Kier molecular flexibility index (Phi) is 6.45. The Morgan fingerprint density at radius 2 is 1.54 bits per heavy atom. The van der Waals surface area contributed by atoms with E-state index in [9.17, 15) is 19.5 Å². The van der Waals surface area contributed by atoms with Gasteiger partial charge in [0.15, 0.2) is 11.6 Å². The summed E-state index contributed by atoms with van der Waals surface area (Å²) in [6.07, 6.45) is 4.16. The van der Waals surface area contributed by atoms with Crippen molar-refractivity contribution in [3.05, 3.63) is 95.9 Å². The lowest BCUT2D eigenvalue weighted by atomic mass is 10.0. The maximum Gasteiger partial charge on any atom is 0.259 e. The van der Waals surface area contributed by atoms with Crippen LogP contribution in [0.5, 0.6) is 5.75 Å². The molecule has 5 rings (SSSR count). The first-order valence-electron chi connectivity index (χ1n) is 11.4. The topological polar surface area (TPSA) is 204 Å². The molecular weight excluding hydrogens is 502 g/mol. The minimum atomic E-state index is -0.818. The number of hydrogen-bond donors (Lipinski definition) is 4. The quantitative estimate of drug-likeness (QED) is 0.235. The summed E-state index contributed by atoms with van der Waals surface area (Å²) < 4.78 is 1.17. The average molecular weight is 521 g/mol. The number of aromatic hydroxyl groups is 1. The molecule has 0 atom stereocenters. The molecule has 0 aliphatic carbocycles. The summed E-state index contributed by atoms with van der Waals surface area (Å²) in [5.41, 5.74) is 10.9. The van der Waals surface area contributed by atoms with Crippen molar-refractivity contribution < 1.29 is 19.5 Å². The maximum absolute atomic E-state index is 13.2. The number of hydrogen-bond acceptors (Lipinski definition) is 9. The van der Waals surface area contributed by atoms with Gasteiger partial charge in [-0.25, -0.2) is 9.97 Å². The van der Waals surface area contributed by atoms with Gasteiger partial charge in [-0.3, -0.25) is 14.4 Å². The lowest BCUT2D eigenvalue weighted by molar-refractivity contribution is 0.0991. The number of phenolic OH excluding ortho intramolecular Hbond substituents is 1. The zero-order valence-electron chi connectivity index (χ0n) is 20.0. The molecule has 2 heterocycles. The lowest BCUT2D eigenvalue weighted by Crippen LogP contribution is -2.18. The number of fused-ring (bicyclic) bond motifs is 1. The van der Waals surface area contributed by atoms with Crippen molar-refractivity contribution in [3.8, 4) is 11.7 Å². The Morgan fingerprint density at radius 3 is 2.28 bits per heavy atom. The van der Waals surface area contributed by atoms with Crippen LogP contribution in [-0.2, 0) is 0 Å². The lowest BCUT2D eigenvalue weighted by Gasteiger charge is -2.12. The average Bonchev–Trinajstić information content (AvgIpc) is 3.37. The van der Waals surface area contributed by atoms with Gasteiger partial charge in [0.2, 0.25) is 0 Å². The number of amides is 3. The highest BCUT2D eigenvalue weighted by Gasteiger charge is 2.22. The van der Waals surface area contributed by atoms with Gasteiger partial charge in [0, 0.05) is 17.8 Å². The summed E-state index contributed by atoms with van der Waals surface area (Å²) in [6, 6.07) is 16.2. The smallest absolute Gasteiger partial charge is 0.259 e. The van der Waals surface area contributed by atoms with Gasteiger partial charge in [-0.15, -0.1) is 10.2 Å². The van der Waals surface area contributed by atoms with Crippen LogP contribution in [0.1, 0.15) is 31.1 Å². The number of anilines is 1. The first kappa shape index (κ1) is 24.7. The maximum atomic E-state index is 13.2. The summed E-state index contributed by atoms with van der Waals surface area (Å²) in [7, 11) is 0. The van der Waals surface area contributed by atoms with E-state index >= 15 is 0 Å². The van der Waals surface area contributed by atoms with Crippen LogP contribution in [0.3, 0.4) is 0 Å². The number of phenols is 1. The SMILES string of the molecule is NC(=O)c1ccccc1NC(=O)c1cc2ccccc2c(/N=N/c2c(C(N)=O)cnn2-c2ncccn2)c1O. The molecule has 13 nitrogen and oxygen atoms in total. The number of rotatable bonds is 7. The Hall–Kier alpha value is -5.98. The molecule has 0 aliphatic heterocycles. The highest BCUT2D eigenvalue weighted by molar-refractivity contribution is 6.13. The molecule has 0 unspecified atom stereocenters. The van der Waals surface area contributed by atoms with Gasteiger partial charge in [-0.2, -0.15) is 9.78 Å². The molecule has 5 aromatic rings. The number of carbonyl (C=O) groups excluding carboxylic acids is 3. The molecule has 2 aromatic heterocycles. The summed E-state index contributed by atoms with van der Waals surface area (Å²) in [4.78, 5) is 45.3. The fourth-order valence-corrected chi connectivity index (χ4v) is 3.84. The van der Waals surface area contributed by atoms with Crippen LogP contribution in [-0.4, -0.2) is 42.6 Å². The largest absolute Gasteiger partial charge is 0.505 e. The normalized spacial score (nSPS) is 11.1. The second kappa shape index (κ2) is 10.2. The molecular formula is C26H19N9O4. The van der Waals surface area contributed by atoms with E-state index in [0.717, 1.165) is 0 Å². The van der Waals surface area contributed by atoms with E-state index in [1.54, 1.807) is 42.5 Å². The molecule has 0 aliphatic rings. The zero-order chi connectivity index (χ0) is 27.5. The monoisotopic (exact) mass is 521 g/mol. The van der Waals surface area contributed by atoms with Crippen LogP contribution in [0.2, 0.25) is 0 Å². The number of azo groups is 1. The van der Waals surface area contributed by atoms with E-state index in [1.165, 1.54) is 41.5 Å². The van der Waals surface area contributed by atoms with Crippen LogP contribution in [0.25, 0.3) is 16.7 Å². The molecule has 0 saturated carbocycles. The predicted octanol–water partition coefficient (Wildman–Crippen LogP) is 3.39. The first-order valence-corrected chi connectivity index (χ1v) is 11.4. The molecule has 0 spiro atoms. The number of benzene rings is 3. The number of carbonyl (C=O) groups is 3. The third-order valence-electron chi connectivity index (χ3n) is 5.68. The van der Waals surface area contributed by atoms with Crippen LogP contribution in [0.4, 0.5) is 17.2 Å². The van der Waals surface area contributed by atoms with E-state index in [-0.39, 0.29) is 39.8 Å². The molecule has 39 heavy (non-hydrogen) atoms. The molecule has 13 heteroatoms. The van der Waals surface area contributed by atoms with Gasteiger partial charge in [-0.1, -0.05) is 36.4 Å². The highest BCUT2D eigenvalue weighted by Crippen LogP contribution is 2.40. The van der Waals surface area contributed by atoms with Gasteiger partial charge in [0.1, 0.15) is 11.3 Å². The number of nitrogens with zero attached hydrogens (tertiary/aromatic N) is 6. The minimum Gasteiger partial charge on any atom is -0.505 e. The standard InChI is InChI=1S/C26H19N9O4/c27-22(37)16-8-3-4-9-19(16)32-25(39)17-12-14-6-1-2-7-15(14)20(21(17)36)33-34-24-18(23(28)38)13-31-35(24)26-29-10-5-11-30-26/h1-13,36H,(H2,27,37)(H2,28,38)(H,32,39)/b34-33+. The Balaban J connectivity index is 1.62. The number of aromatic nitrogens is 4. The summed E-state index contributed by atoms with van der Waals surface area (Å²) in [6.45, 7) is 0. The molecule has 3 amide bonds. The number of nitrogens with one attached hydrogen (secondary N) is 1. The molecule has 6 N–H and O–H groups in total. The highest BCUT2D eigenvalue weighted by atomic mass is 16.3. The molecule has 3 aromatic carbocycles. The molecule has 0 radical (unpaired) electrons. The third kappa shape index (κ3) is 4.74.